The second-order valence-corrected chi connectivity index (χ2v) is 22.0. The predicted octanol–water partition coefficient (Wildman–Crippen LogP) is 7.43. The zero-order chi connectivity index (χ0) is 34.6. The second kappa shape index (κ2) is 12.3. The van der Waals surface area contributed by atoms with Gasteiger partial charge >= 0.3 is 6.18 Å². The molecule has 250 valence electrons. The summed E-state index contributed by atoms with van der Waals surface area (Å²) >= 11 is 1.39. The molecule has 0 saturated carbocycles. The van der Waals surface area contributed by atoms with Crippen LogP contribution in [0.5, 0.6) is 0 Å². The SMILES string of the molecule is CSC1=CC(C)(S(=O)(=O)n2ccc3c(C(O)(c4nc5ccc(C#N)cc5n4COCC[Si](C)(C)C)C(F)(F)F)ccc(C)c32)CC=C1. The number of imidazole rings is 1. The highest BCUT2D eigenvalue weighted by Gasteiger charge is 2.60. The van der Waals surface area contributed by atoms with E-state index in [0.717, 1.165) is 25.6 Å². The van der Waals surface area contributed by atoms with Crippen LogP contribution in [0.4, 0.5) is 13.2 Å². The predicted molar refractivity (Wildman–Crippen MR) is 182 cm³/mol. The van der Waals surface area contributed by atoms with Crippen LogP contribution in [0.2, 0.25) is 25.7 Å². The Hall–Kier alpha value is -3.35. The van der Waals surface area contributed by atoms with Gasteiger partial charge in [-0.3, -0.25) is 0 Å². The van der Waals surface area contributed by atoms with Crippen LogP contribution in [-0.2, 0) is 27.1 Å². The highest BCUT2D eigenvalue weighted by Crippen LogP contribution is 2.48. The molecule has 2 unspecified atom stereocenters. The Morgan fingerprint density at radius 2 is 1.91 bits per heavy atom. The van der Waals surface area contributed by atoms with Crippen LogP contribution in [0.25, 0.3) is 21.9 Å². The number of nitrogens with zero attached hydrogens (tertiary/aromatic N) is 4. The fourth-order valence-corrected chi connectivity index (χ4v) is 8.97. The molecule has 0 amide bonds. The maximum Gasteiger partial charge on any atom is 0.428 e. The van der Waals surface area contributed by atoms with E-state index < -0.39 is 46.0 Å². The van der Waals surface area contributed by atoms with Gasteiger partial charge in [0.1, 0.15) is 11.5 Å². The van der Waals surface area contributed by atoms with Crippen LogP contribution < -0.4 is 0 Å². The third-order valence-corrected chi connectivity index (χ3v) is 13.3. The molecule has 2 heterocycles. The Balaban J connectivity index is 1.74. The first kappa shape index (κ1) is 35.0. The van der Waals surface area contributed by atoms with E-state index in [1.807, 2.05) is 18.4 Å². The molecule has 5 rings (SSSR count). The van der Waals surface area contributed by atoms with Crippen molar-refractivity contribution in [2.75, 3.05) is 12.9 Å². The standard InChI is InChI=1S/C33H37F3N4O4S2Si/c1-22-9-11-26(25-13-15-40(29(22)25)46(42,43)31(2)14-7-8-24(19-31)45-3)32(41,33(34,35)36)30-38-27-12-10-23(20-37)18-28(27)39(30)21-44-16-17-47(4,5)6/h7-13,15,18-19,41H,14,16-17,21H2,1-6H3. The van der Waals surface area contributed by atoms with Gasteiger partial charge in [-0.15, -0.1) is 11.8 Å². The molecule has 0 radical (unpaired) electrons. The van der Waals surface area contributed by atoms with Crippen LogP contribution in [0.15, 0.2) is 65.7 Å². The molecule has 2 aromatic heterocycles. The average molecular weight is 703 g/mol. The fraction of sp³-hybridized carbons (Fsp3) is 0.394. The summed E-state index contributed by atoms with van der Waals surface area (Å²) in [7, 11) is -5.73. The third-order valence-electron chi connectivity index (χ3n) is 8.57. The Bertz CT molecular complexity index is 2070. The summed E-state index contributed by atoms with van der Waals surface area (Å²) in [5.41, 5.74) is -3.30. The minimum absolute atomic E-state index is 0.0286. The van der Waals surface area contributed by atoms with E-state index in [9.17, 15) is 18.8 Å². The largest absolute Gasteiger partial charge is 0.428 e. The van der Waals surface area contributed by atoms with Crippen LogP contribution in [0.3, 0.4) is 0 Å². The van der Waals surface area contributed by atoms with Gasteiger partial charge in [-0.25, -0.2) is 17.4 Å². The number of aliphatic hydroxyl groups is 1. The molecular formula is C33H37F3N4O4S2Si. The van der Waals surface area contributed by atoms with Gasteiger partial charge in [-0.1, -0.05) is 43.9 Å². The highest BCUT2D eigenvalue weighted by atomic mass is 32.2. The lowest BCUT2D eigenvalue weighted by Gasteiger charge is -2.32. The van der Waals surface area contributed by atoms with E-state index in [0.29, 0.717) is 5.56 Å². The first-order valence-electron chi connectivity index (χ1n) is 15.0. The van der Waals surface area contributed by atoms with Crippen molar-refractivity contribution in [2.24, 2.45) is 0 Å². The van der Waals surface area contributed by atoms with E-state index in [1.54, 1.807) is 26.0 Å². The number of hydrogen-bond acceptors (Lipinski definition) is 7. The number of alkyl halides is 3. The second-order valence-electron chi connectivity index (χ2n) is 13.2. The molecule has 0 bridgehead atoms. The summed E-state index contributed by atoms with van der Waals surface area (Å²) in [4.78, 5) is 5.04. The number of hydrogen-bond donors (Lipinski definition) is 1. The van der Waals surface area contributed by atoms with Crippen molar-refractivity contribution < 1.29 is 31.4 Å². The lowest BCUT2D eigenvalue weighted by Crippen LogP contribution is -2.46. The summed E-state index contributed by atoms with van der Waals surface area (Å²) in [5.74, 6) is -0.749. The van der Waals surface area contributed by atoms with Crippen LogP contribution in [0.1, 0.15) is 35.9 Å². The van der Waals surface area contributed by atoms with Crippen molar-refractivity contribution in [1.29, 1.82) is 5.26 Å². The third kappa shape index (κ3) is 6.08. The number of nitriles is 1. The molecule has 8 nitrogen and oxygen atoms in total. The fourth-order valence-electron chi connectivity index (χ4n) is 5.79. The summed E-state index contributed by atoms with van der Waals surface area (Å²) in [6, 6.07) is 10.9. The number of aryl methyl sites for hydroxylation is 1. The number of fused-ring (bicyclic) bond motifs is 2. The van der Waals surface area contributed by atoms with Gasteiger partial charge < -0.3 is 14.4 Å². The van der Waals surface area contributed by atoms with Crippen molar-refractivity contribution in [2.45, 2.75) is 69.2 Å². The van der Waals surface area contributed by atoms with Crippen molar-refractivity contribution >= 4 is 51.8 Å². The Kier molecular flexibility index (Phi) is 9.13. The first-order valence-corrected chi connectivity index (χ1v) is 21.3. The van der Waals surface area contributed by atoms with E-state index in [2.05, 4.69) is 24.6 Å². The van der Waals surface area contributed by atoms with Gasteiger partial charge in [0, 0.05) is 36.7 Å². The molecule has 4 aromatic rings. The Morgan fingerprint density at radius 3 is 2.55 bits per heavy atom. The molecule has 1 aliphatic carbocycles. The Morgan fingerprint density at radius 1 is 1.19 bits per heavy atom. The topological polar surface area (TPSA) is 110 Å². The van der Waals surface area contributed by atoms with Crippen molar-refractivity contribution in [1.82, 2.24) is 13.5 Å². The van der Waals surface area contributed by atoms with Gasteiger partial charge in [0.2, 0.25) is 15.6 Å². The van der Waals surface area contributed by atoms with E-state index >= 15 is 13.2 Å². The number of halogens is 3. The van der Waals surface area contributed by atoms with Crippen LogP contribution in [0, 0.1) is 18.3 Å². The molecule has 47 heavy (non-hydrogen) atoms. The molecule has 1 aliphatic rings. The van der Waals surface area contributed by atoms with Crippen LogP contribution >= 0.6 is 11.8 Å². The zero-order valence-electron chi connectivity index (χ0n) is 27.0. The molecule has 0 spiro atoms. The molecule has 2 atom stereocenters. The number of allylic oxidation sites excluding steroid dienone is 2. The van der Waals surface area contributed by atoms with Gasteiger partial charge in [-0.05, 0) is 68.5 Å². The zero-order valence-corrected chi connectivity index (χ0v) is 29.6. The van der Waals surface area contributed by atoms with Gasteiger partial charge in [-0.2, -0.15) is 18.4 Å². The molecule has 2 aromatic carbocycles. The summed E-state index contributed by atoms with van der Waals surface area (Å²) in [6.45, 7) is 9.56. The van der Waals surface area contributed by atoms with Gasteiger partial charge in [0.25, 0.3) is 0 Å². The van der Waals surface area contributed by atoms with Crippen molar-refractivity contribution in [3.8, 4) is 6.07 Å². The monoisotopic (exact) mass is 702 g/mol. The van der Waals surface area contributed by atoms with E-state index in [1.165, 1.54) is 48.3 Å². The maximum absolute atomic E-state index is 15.4. The minimum Gasteiger partial charge on any atom is -0.370 e. The molecule has 1 N–H and O–H groups in total. The van der Waals surface area contributed by atoms with Gasteiger partial charge in [0.15, 0.2) is 5.82 Å². The molecule has 0 fully saturated rings. The molecular weight excluding hydrogens is 666 g/mol. The van der Waals surface area contributed by atoms with Crippen LogP contribution in [-0.4, -0.2) is 58.9 Å². The van der Waals surface area contributed by atoms with Crippen molar-refractivity contribution in [3.63, 3.8) is 0 Å². The lowest BCUT2D eigenvalue weighted by atomic mass is 9.88. The normalized spacial score (nSPS) is 18.8. The first-order chi connectivity index (χ1) is 21.9. The summed E-state index contributed by atoms with van der Waals surface area (Å²) in [6.07, 6.45) is 3.21. The number of aromatic nitrogens is 3. The Labute approximate surface area is 277 Å². The average Bonchev–Trinajstić information content (AvgIpc) is 3.61. The van der Waals surface area contributed by atoms with E-state index in [-0.39, 0.29) is 47.3 Å². The van der Waals surface area contributed by atoms with Gasteiger partial charge in [0.05, 0.1) is 28.2 Å². The molecule has 0 saturated heterocycles. The van der Waals surface area contributed by atoms with Crippen molar-refractivity contribution in [3.05, 3.63) is 88.2 Å². The maximum atomic E-state index is 15.4. The summed E-state index contributed by atoms with van der Waals surface area (Å²) < 4.78 is 81.4. The minimum atomic E-state index is -5.30. The quantitative estimate of drug-likeness (QED) is 0.135. The highest BCUT2D eigenvalue weighted by molar-refractivity contribution is 8.02. The lowest BCUT2D eigenvalue weighted by molar-refractivity contribution is -0.252. The summed E-state index contributed by atoms with van der Waals surface area (Å²) in [5, 5.41) is 21.5. The number of benzene rings is 2. The number of ether oxygens (including phenoxy) is 1. The number of thioether (sulfide) groups is 1. The van der Waals surface area contributed by atoms with E-state index in [4.69, 9.17) is 4.74 Å². The molecule has 0 aliphatic heterocycles. The molecule has 14 heteroatoms. The smallest absolute Gasteiger partial charge is 0.370 e. The number of rotatable bonds is 10.